The summed E-state index contributed by atoms with van der Waals surface area (Å²) in [6.07, 6.45) is 1.18. The Morgan fingerprint density at radius 2 is 1.59 bits per heavy atom. The Balaban J connectivity index is 3.13. The summed E-state index contributed by atoms with van der Waals surface area (Å²) in [4.78, 5) is 0. The van der Waals surface area contributed by atoms with Crippen molar-refractivity contribution >= 4 is 0 Å². The van der Waals surface area contributed by atoms with Gasteiger partial charge in [-0.1, -0.05) is 57.0 Å². The van der Waals surface area contributed by atoms with Gasteiger partial charge in [-0.15, -0.1) is 0 Å². The highest BCUT2D eigenvalue weighted by Gasteiger charge is 2.28. The van der Waals surface area contributed by atoms with Gasteiger partial charge in [0.2, 0.25) is 0 Å². The zero-order chi connectivity index (χ0) is 13.1. The van der Waals surface area contributed by atoms with Gasteiger partial charge in [-0.2, -0.15) is 0 Å². The van der Waals surface area contributed by atoms with Crippen molar-refractivity contribution in [2.24, 2.45) is 5.41 Å². The predicted molar refractivity (Wildman–Crippen MR) is 76.4 cm³/mol. The van der Waals surface area contributed by atoms with E-state index in [0.717, 1.165) is 6.54 Å². The molecule has 0 aliphatic rings. The summed E-state index contributed by atoms with van der Waals surface area (Å²) < 4.78 is 0. The molecule has 0 saturated heterocycles. The molecule has 96 valence electrons. The minimum Gasteiger partial charge on any atom is -0.310 e. The first-order valence-corrected chi connectivity index (χ1v) is 6.72. The monoisotopic (exact) mass is 233 g/mol. The van der Waals surface area contributed by atoms with E-state index in [-0.39, 0.29) is 5.41 Å². The minimum atomic E-state index is 0.288. The van der Waals surface area contributed by atoms with Crippen LogP contribution in [0.25, 0.3) is 0 Å². The smallest absolute Gasteiger partial charge is 0.0371 e. The highest BCUT2D eigenvalue weighted by Crippen LogP contribution is 2.36. The third-order valence-corrected chi connectivity index (χ3v) is 3.68. The normalized spacial score (nSPS) is 13.8. The van der Waals surface area contributed by atoms with Gasteiger partial charge in [0.05, 0.1) is 0 Å². The van der Waals surface area contributed by atoms with Gasteiger partial charge in [0.1, 0.15) is 0 Å². The molecule has 0 heterocycles. The van der Waals surface area contributed by atoms with E-state index in [4.69, 9.17) is 0 Å². The molecule has 17 heavy (non-hydrogen) atoms. The van der Waals surface area contributed by atoms with E-state index in [9.17, 15) is 0 Å². The van der Waals surface area contributed by atoms with Gasteiger partial charge in [-0.25, -0.2) is 0 Å². The number of benzene rings is 1. The minimum absolute atomic E-state index is 0.288. The van der Waals surface area contributed by atoms with Crippen LogP contribution in [-0.4, -0.2) is 6.54 Å². The Bertz CT molecular complexity index is 346. The second-order valence-corrected chi connectivity index (χ2v) is 5.75. The number of rotatable bonds is 5. The van der Waals surface area contributed by atoms with E-state index in [1.54, 1.807) is 0 Å². The lowest BCUT2D eigenvalue weighted by Crippen LogP contribution is -2.34. The largest absolute Gasteiger partial charge is 0.310 e. The highest BCUT2D eigenvalue weighted by molar-refractivity contribution is 5.31. The van der Waals surface area contributed by atoms with Gasteiger partial charge in [0, 0.05) is 6.04 Å². The molecule has 0 aliphatic carbocycles. The maximum atomic E-state index is 3.64. The highest BCUT2D eigenvalue weighted by atomic mass is 14.9. The number of hydrogen-bond donors (Lipinski definition) is 1. The lowest BCUT2D eigenvalue weighted by molar-refractivity contribution is 0.237. The fourth-order valence-electron chi connectivity index (χ4n) is 2.43. The van der Waals surface area contributed by atoms with Gasteiger partial charge in [0.15, 0.2) is 0 Å². The molecular weight excluding hydrogens is 206 g/mol. The number of nitrogens with one attached hydrogen (secondary N) is 1. The summed E-state index contributed by atoms with van der Waals surface area (Å²) in [7, 11) is 0. The van der Waals surface area contributed by atoms with Crippen LogP contribution in [0.3, 0.4) is 0 Å². The van der Waals surface area contributed by atoms with Crippen LogP contribution in [0, 0.1) is 19.3 Å². The summed E-state index contributed by atoms with van der Waals surface area (Å²) in [5, 5.41) is 3.64. The molecule has 1 aromatic rings. The van der Waals surface area contributed by atoms with Gasteiger partial charge in [-0.05, 0) is 37.8 Å². The molecule has 1 unspecified atom stereocenters. The topological polar surface area (TPSA) is 12.0 Å². The van der Waals surface area contributed by atoms with Crippen LogP contribution in [0.4, 0.5) is 0 Å². The van der Waals surface area contributed by atoms with Crippen LogP contribution in [0.1, 0.15) is 56.8 Å². The zero-order valence-electron chi connectivity index (χ0n) is 12.2. The Morgan fingerprint density at radius 3 is 2.00 bits per heavy atom. The lowest BCUT2D eigenvalue weighted by atomic mass is 9.77. The van der Waals surface area contributed by atoms with Crippen molar-refractivity contribution in [1.29, 1.82) is 0 Å². The lowest BCUT2D eigenvalue weighted by Gasteiger charge is -2.35. The Morgan fingerprint density at radius 1 is 1.06 bits per heavy atom. The fourth-order valence-corrected chi connectivity index (χ4v) is 2.43. The van der Waals surface area contributed by atoms with Gasteiger partial charge in [-0.3, -0.25) is 0 Å². The molecule has 1 nitrogen and oxygen atoms in total. The first kappa shape index (κ1) is 14.2. The molecule has 0 radical (unpaired) electrons. The van der Waals surface area contributed by atoms with Gasteiger partial charge >= 0.3 is 0 Å². The molecule has 1 rings (SSSR count). The van der Waals surface area contributed by atoms with Crippen LogP contribution in [0.2, 0.25) is 0 Å². The molecular formula is C16H27N. The first-order chi connectivity index (χ1) is 7.90. The van der Waals surface area contributed by atoms with Crippen molar-refractivity contribution in [3.8, 4) is 0 Å². The Hall–Kier alpha value is -0.820. The quantitative estimate of drug-likeness (QED) is 0.795. The summed E-state index contributed by atoms with van der Waals surface area (Å²) in [5.74, 6) is 0. The van der Waals surface area contributed by atoms with Crippen LogP contribution in [0.15, 0.2) is 18.2 Å². The molecule has 1 aromatic carbocycles. The molecule has 0 amide bonds. The van der Waals surface area contributed by atoms with Crippen molar-refractivity contribution < 1.29 is 0 Å². The van der Waals surface area contributed by atoms with E-state index >= 15 is 0 Å². The molecule has 0 spiro atoms. The summed E-state index contributed by atoms with van der Waals surface area (Å²) in [6, 6.07) is 7.32. The first-order valence-electron chi connectivity index (χ1n) is 6.72. The van der Waals surface area contributed by atoms with Crippen molar-refractivity contribution in [1.82, 2.24) is 5.32 Å². The molecule has 0 fully saturated rings. The van der Waals surface area contributed by atoms with Gasteiger partial charge < -0.3 is 5.32 Å². The molecule has 1 N–H and O–H groups in total. The average Bonchev–Trinajstić information content (AvgIpc) is 2.24. The van der Waals surface area contributed by atoms with Gasteiger partial charge in [0.25, 0.3) is 0 Å². The molecule has 1 atom stereocenters. The van der Waals surface area contributed by atoms with Crippen molar-refractivity contribution in [3.05, 3.63) is 34.9 Å². The number of aryl methyl sites for hydroxylation is 2. The van der Waals surface area contributed by atoms with Crippen molar-refractivity contribution in [2.45, 2.75) is 54.0 Å². The summed E-state index contributed by atoms with van der Waals surface area (Å²) in [6.45, 7) is 14.5. The SMILES string of the molecule is CCNC(c1cc(C)cc(C)c1)C(C)(C)CC. The Labute approximate surface area is 107 Å². The Kier molecular flexibility index (Phi) is 4.76. The van der Waals surface area contributed by atoms with Crippen LogP contribution in [-0.2, 0) is 0 Å². The summed E-state index contributed by atoms with van der Waals surface area (Å²) in [5.41, 5.74) is 4.43. The fraction of sp³-hybridized carbons (Fsp3) is 0.625. The molecule has 0 aromatic heterocycles. The number of hydrogen-bond acceptors (Lipinski definition) is 1. The maximum Gasteiger partial charge on any atom is 0.0371 e. The predicted octanol–water partition coefficient (Wildman–Crippen LogP) is 4.39. The third-order valence-electron chi connectivity index (χ3n) is 3.68. The second-order valence-electron chi connectivity index (χ2n) is 5.75. The maximum absolute atomic E-state index is 3.64. The van der Waals surface area contributed by atoms with E-state index in [2.05, 4.69) is 65.1 Å². The third kappa shape index (κ3) is 3.57. The molecule has 0 aliphatic heterocycles. The average molecular weight is 233 g/mol. The van der Waals surface area contributed by atoms with Crippen LogP contribution in [0.5, 0.6) is 0 Å². The van der Waals surface area contributed by atoms with E-state index in [0.29, 0.717) is 6.04 Å². The van der Waals surface area contributed by atoms with E-state index in [1.165, 1.54) is 23.1 Å². The summed E-state index contributed by atoms with van der Waals surface area (Å²) >= 11 is 0. The van der Waals surface area contributed by atoms with E-state index < -0.39 is 0 Å². The van der Waals surface area contributed by atoms with Crippen molar-refractivity contribution in [2.75, 3.05) is 6.54 Å². The molecule has 0 saturated carbocycles. The van der Waals surface area contributed by atoms with Crippen LogP contribution >= 0.6 is 0 Å². The van der Waals surface area contributed by atoms with Crippen molar-refractivity contribution in [3.63, 3.8) is 0 Å². The van der Waals surface area contributed by atoms with Crippen LogP contribution < -0.4 is 5.32 Å². The molecule has 1 heteroatoms. The van der Waals surface area contributed by atoms with E-state index in [1.807, 2.05) is 0 Å². The second kappa shape index (κ2) is 5.68. The zero-order valence-corrected chi connectivity index (χ0v) is 12.2. The standard InChI is InChI=1S/C16H27N/c1-7-16(5,6)15(17-8-2)14-10-12(3)9-13(4)11-14/h9-11,15,17H,7-8H2,1-6H3. The molecule has 0 bridgehead atoms.